The molecule has 0 amide bonds. The fraction of sp³-hybridized carbons (Fsp3) is 0.364. The highest BCUT2D eigenvalue weighted by Crippen LogP contribution is 2.25. The third kappa shape index (κ3) is 2.79. The summed E-state index contributed by atoms with van der Waals surface area (Å²) in [5, 5.41) is 12.1. The first-order valence-electron chi connectivity index (χ1n) is 5.32. The van der Waals surface area contributed by atoms with Gasteiger partial charge in [-0.3, -0.25) is 0 Å². The van der Waals surface area contributed by atoms with E-state index in [9.17, 15) is 0 Å². The molecule has 0 saturated carbocycles. The Morgan fingerprint density at radius 2 is 2.12 bits per heavy atom. The van der Waals surface area contributed by atoms with Gasteiger partial charge in [-0.2, -0.15) is 11.8 Å². The standard InChI is InChI=1S/C11H14ClN3OS/c12-10-7-8(15-3-5-17-6-4-15)1-2-9(10)11(13)14-16/h1-2,7,16H,3-6H2,(H2,13,14). The van der Waals surface area contributed by atoms with Gasteiger partial charge in [-0.1, -0.05) is 16.8 Å². The highest BCUT2D eigenvalue weighted by molar-refractivity contribution is 7.99. The minimum Gasteiger partial charge on any atom is -0.409 e. The van der Waals surface area contributed by atoms with Crippen LogP contribution < -0.4 is 10.6 Å². The van der Waals surface area contributed by atoms with Crippen molar-refractivity contribution in [1.29, 1.82) is 0 Å². The zero-order valence-electron chi connectivity index (χ0n) is 9.27. The molecule has 0 aliphatic carbocycles. The predicted molar refractivity (Wildman–Crippen MR) is 73.5 cm³/mol. The molecule has 0 bridgehead atoms. The van der Waals surface area contributed by atoms with Gasteiger partial charge < -0.3 is 15.8 Å². The van der Waals surface area contributed by atoms with Crippen LogP contribution >= 0.6 is 23.4 Å². The summed E-state index contributed by atoms with van der Waals surface area (Å²) in [4.78, 5) is 2.29. The fourth-order valence-corrected chi connectivity index (χ4v) is 2.96. The van der Waals surface area contributed by atoms with Crippen LogP contribution in [0.15, 0.2) is 23.4 Å². The number of hydrogen-bond acceptors (Lipinski definition) is 4. The number of anilines is 1. The van der Waals surface area contributed by atoms with Gasteiger partial charge in [-0.25, -0.2) is 0 Å². The van der Waals surface area contributed by atoms with E-state index in [4.69, 9.17) is 22.5 Å². The van der Waals surface area contributed by atoms with Crippen molar-refractivity contribution in [2.24, 2.45) is 10.9 Å². The van der Waals surface area contributed by atoms with Gasteiger partial charge in [-0.05, 0) is 18.2 Å². The van der Waals surface area contributed by atoms with Crippen LogP contribution in [0.3, 0.4) is 0 Å². The molecule has 1 aromatic rings. The minimum absolute atomic E-state index is 0.0377. The Morgan fingerprint density at radius 3 is 2.71 bits per heavy atom. The van der Waals surface area contributed by atoms with Crippen LogP contribution in [0.5, 0.6) is 0 Å². The third-order valence-electron chi connectivity index (χ3n) is 2.71. The lowest BCUT2D eigenvalue weighted by Crippen LogP contribution is -2.32. The summed E-state index contributed by atoms with van der Waals surface area (Å²) in [6, 6.07) is 5.61. The van der Waals surface area contributed by atoms with Crippen LogP contribution in [0.4, 0.5) is 5.69 Å². The molecule has 0 radical (unpaired) electrons. The highest BCUT2D eigenvalue weighted by Gasteiger charge is 2.13. The number of hydrogen-bond donors (Lipinski definition) is 2. The molecule has 1 aliphatic rings. The quantitative estimate of drug-likeness (QED) is 0.374. The van der Waals surface area contributed by atoms with E-state index in [0.717, 1.165) is 30.3 Å². The maximum absolute atomic E-state index is 8.62. The van der Waals surface area contributed by atoms with Gasteiger partial charge in [0.1, 0.15) is 0 Å². The fourth-order valence-electron chi connectivity index (χ4n) is 1.78. The van der Waals surface area contributed by atoms with E-state index in [1.807, 2.05) is 23.9 Å². The number of nitrogens with zero attached hydrogens (tertiary/aromatic N) is 2. The summed E-state index contributed by atoms with van der Waals surface area (Å²) in [5.41, 5.74) is 7.17. The maximum Gasteiger partial charge on any atom is 0.171 e. The Balaban J connectivity index is 2.23. The molecule has 3 N–H and O–H groups in total. The predicted octanol–water partition coefficient (Wildman–Crippen LogP) is 1.99. The van der Waals surface area contributed by atoms with Crippen molar-refractivity contribution in [2.75, 3.05) is 29.5 Å². The molecule has 92 valence electrons. The van der Waals surface area contributed by atoms with Gasteiger partial charge >= 0.3 is 0 Å². The van der Waals surface area contributed by atoms with Crippen LogP contribution in [0.2, 0.25) is 5.02 Å². The molecule has 1 fully saturated rings. The second-order valence-corrected chi connectivity index (χ2v) is 5.38. The second-order valence-electron chi connectivity index (χ2n) is 3.75. The van der Waals surface area contributed by atoms with E-state index in [1.54, 1.807) is 6.07 Å². The average molecular weight is 272 g/mol. The van der Waals surface area contributed by atoms with E-state index in [0.29, 0.717) is 10.6 Å². The first kappa shape index (κ1) is 12.4. The summed E-state index contributed by atoms with van der Waals surface area (Å²) in [6.45, 7) is 2.06. The minimum atomic E-state index is 0.0377. The summed E-state index contributed by atoms with van der Waals surface area (Å²) in [5.74, 6) is 2.31. The SMILES string of the molecule is NC(=NO)c1ccc(N2CCSCC2)cc1Cl. The van der Waals surface area contributed by atoms with Crippen molar-refractivity contribution in [1.82, 2.24) is 0 Å². The molecule has 1 heterocycles. The van der Waals surface area contributed by atoms with Gasteiger partial charge in [0, 0.05) is 35.8 Å². The Kier molecular flexibility index (Phi) is 4.02. The molecule has 6 heteroatoms. The van der Waals surface area contributed by atoms with Gasteiger partial charge in [0.15, 0.2) is 5.84 Å². The molecule has 0 unspecified atom stereocenters. The van der Waals surface area contributed by atoms with Gasteiger partial charge in [0.2, 0.25) is 0 Å². The van der Waals surface area contributed by atoms with Crippen molar-refractivity contribution in [3.63, 3.8) is 0 Å². The summed E-state index contributed by atoms with van der Waals surface area (Å²) in [7, 11) is 0. The number of oxime groups is 1. The van der Waals surface area contributed by atoms with Crippen LogP contribution in [-0.2, 0) is 0 Å². The molecular weight excluding hydrogens is 258 g/mol. The summed E-state index contributed by atoms with van der Waals surface area (Å²) < 4.78 is 0. The number of rotatable bonds is 2. The number of nitrogens with two attached hydrogens (primary N) is 1. The van der Waals surface area contributed by atoms with Crippen molar-refractivity contribution in [3.05, 3.63) is 28.8 Å². The monoisotopic (exact) mass is 271 g/mol. The van der Waals surface area contributed by atoms with Crippen LogP contribution in [-0.4, -0.2) is 35.6 Å². The van der Waals surface area contributed by atoms with Gasteiger partial charge in [0.25, 0.3) is 0 Å². The molecular formula is C11H14ClN3OS. The van der Waals surface area contributed by atoms with Crippen molar-refractivity contribution in [3.8, 4) is 0 Å². The molecule has 0 atom stereocenters. The highest BCUT2D eigenvalue weighted by atomic mass is 35.5. The Bertz CT molecular complexity index is 433. The Hall–Kier alpha value is -1.07. The molecule has 0 aromatic heterocycles. The Labute approximate surface area is 109 Å². The zero-order valence-corrected chi connectivity index (χ0v) is 10.8. The molecule has 17 heavy (non-hydrogen) atoms. The van der Waals surface area contributed by atoms with Gasteiger partial charge in [-0.15, -0.1) is 0 Å². The maximum atomic E-state index is 8.62. The molecule has 0 spiro atoms. The number of benzene rings is 1. The van der Waals surface area contributed by atoms with Gasteiger partial charge in [0.05, 0.1) is 5.02 Å². The van der Waals surface area contributed by atoms with Crippen LogP contribution in [0, 0.1) is 0 Å². The van der Waals surface area contributed by atoms with E-state index in [2.05, 4.69) is 10.1 Å². The zero-order chi connectivity index (χ0) is 12.3. The lowest BCUT2D eigenvalue weighted by atomic mass is 10.1. The summed E-state index contributed by atoms with van der Waals surface area (Å²) >= 11 is 8.08. The van der Waals surface area contributed by atoms with Crippen molar-refractivity contribution in [2.45, 2.75) is 0 Å². The first-order valence-corrected chi connectivity index (χ1v) is 6.86. The van der Waals surface area contributed by atoms with E-state index < -0.39 is 0 Å². The normalized spacial score (nSPS) is 17.2. The largest absolute Gasteiger partial charge is 0.409 e. The molecule has 2 rings (SSSR count). The van der Waals surface area contributed by atoms with Crippen molar-refractivity contribution < 1.29 is 5.21 Å². The number of halogens is 1. The smallest absolute Gasteiger partial charge is 0.171 e. The summed E-state index contributed by atoms with van der Waals surface area (Å²) in [6.07, 6.45) is 0. The van der Waals surface area contributed by atoms with E-state index in [-0.39, 0.29) is 5.84 Å². The lowest BCUT2D eigenvalue weighted by molar-refractivity contribution is 0.318. The molecule has 1 saturated heterocycles. The number of thioether (sulfide) groups is 1. The second kappa shape index (κ2) is 5.51. The molecule has 4 nitrogen and oxygen atoms in total. The number of amidine groups is 1. The third-order valence-corrected chi connectivity index (χ3v) is 3.97. The first-order chi connectivity index (χ1) is 8.22. The van der Waals surface area contributed by atoms with Crippen LogP contribution in [0.1, 0.15) is 5.56 Å². The average Bonchev–Trinajstić information content (AvgIpc) is 2.39. The lowest BCUT2D eigenvalue weighted by Gasteiger charge is -2.28. The Morgan fingerprint density at radius 1 is 1.41 bits per heavy atom. The van der Waals surface area contributed by atoms with E-state index in [1.165, 1.54) is 0 Å². The van der Waals surface area contributed by atoms with E-state index >= 15 is 0 Å². The topological polar surface area (TPSA) is 61.9 Å². The van der Waals surface area contributed by atoms with Crippen LogP contribution in [0.25, 0.3) is 0 Å². The van der Waals surface area contributed by atoms with Crippen molar-refractivity contribution >= 4 is 34.9 Å². The molecule has 1 aliphatic heterocycles. The molecule has 1 aromatic carbocycles.